The van der Waals surface area contributed by atoms with Gasteiger partial charge in [-0.15, -0.1) is 0 Å². The van der Waals surface area contributed by atoms with E-state index in [2.05, 4.69) is 45.1 Å². The highest BCUT2D eigenvalue weighted by atomic mass is 16.6. The minimum Gasteiger partial charge on any atom is -0.463 e. The first-order chi connectivity index (χ1) is 23.3. The summed E-state index contributed by atoms with van der Waals surface area (Å²) in [4.78, 5) is 24.0. The Labute approximate surface area is 294 Å². The summed E-state index contributed by atoms with van der Waals surface area (Å²) in [6.45, 7) is 6.35. The number of hydrogen-bond donors (Lipinski definition) is 3. The number of rotatable bonds is 34. The van der Waals surface area contributed by atoms with E-state index in [4.69, 9.17) is 9.47 Å². The predicted octanol–water partition coefficient (Wildman–Crippen LogP) is 9.86. The first-order valence-electron chi connectivity index (χ1n) is 19.6. The molecule has 0 aromatic rings. The SMILES string of the molecule is CCCCC/C=C\C/C=C\C/C=C\CC(O)C(O)CCCC(=O)OC[C@@H](O)COC(=O)CCCCCCCCCCCCCCC(C)C. The van der Waals surface area contributed by atoms with Gasteiger partial charge in [0.25, 0.3) is 0 Å². The number of ether oxygens (including phenoxy) is 2. The smallest absolute Gasteiger partial charge is 0.305 e. The second-order valence-electron chi connectivity index (χ2n) is 13.8. The zero-order valence-electron chi connectivity index (χ0n) is 31.1. The summed E-state index contributed by atoms with van der Waals surface area (Å²) < 4.78 is 10.2. The highest BCUT2D eigenvalue weighted by Crippen LogP contribution is 2.15. The zero-order chi connectivity index (χ0) is 35.5. The number of aliphatic hydroxyl groups is 3. The fourth-order valence-corrected chi connectivity index (χ4v) is 5.37. The van der Waals surface area contributed by atoms with Gasteiger partial charge in [-0.3, -0.25) is 9.59 Å². The van der Waals surface area contributed by atoms with E-state index in [9.17, 15) is 24.9 Å². The molecule has 0 aromatic carbocycles. The van der Waals surface area contributed by atoms with Gasteiger partial charge in [-0.25, -0.2) is 0 Å². The summed E-state index contributed by atoms with van der Waals surface area (Å²) in [6, 6.07) is 0. The van der Waals surface area contributed by atoms with E-state index in [1.54, 1.807) is 0 Å². The molecule has 0 spiro atoms. The van der Waals surface area contributed by atoms with Crippen LogP contribution in [0.4, 0.5) is 0 Å². The van der Waals surface area contributed by atoms with Gasteiger partial charge in [0.05, 0.1) is 12.2 Å². The molecular weight excluding hydrogens is 604 g/mol. The molecule has 7 nitrogen and oxygen atoms in total. The van der Waals surface area contributed by atoms with Crippen molar-refractivity contribution < 1.29 is 34.4 Å². The summed E-state index contributed by atoms with van der Waals surface area (Å²) in [6.07, 6.45) is 33.8. The van der Waals surface area contributed by atoms with Crippen molar-refractivity contribution in [1.29, 1.82) is 0 Å². The van der Waals surface area contributed by atoms with Crippen LogP contribution in [0.3, 0.4) is 0 Å². The number of hydrogen-bond acceptors (Lipinski definition) is 7. The lowest BCUT2D eigenvalue weighted by Crippen LogP contribution is -2.26. The topological polar surface area (TPSA) is 113 Å². The average Bonchev–Trinajstić information content (AvgIpc) is 3.06. The molecule has 0 rings (SSSR count). The number of carbonyl (C=O) groups is 2. The molecule has 0 aliphatic heterocycles. The maximum Gasteiger partial charge on any atom is 0.305 e. The van der Waals surface area contributed by atoms with Crippen LogP contribution in [-0.2, 0) is 19.1 Å². The third-order valence-electron chi connectivity index (χ3n) is 8.51. The monoisotopic (exact) mass is 679 g/mol. The van der Waals surface area contributed by atoms with Crippen molar-refractivity contribution in [2.24, 2.45) is 5.92 Å². The molecule has 280 valence electrons. The largest absolute Gasteiger partial charge is 0.463 e. The molecule has 0 radical (unpaired) electrons. The van der Waals surface area contributed by atoms with Gasteiger partial charge >= 0.3 is 11.9 Å². The van der Waals surface area contributed by atoms with E-state index in [1.807, 2.05) is 12.2 Å². The summed E-state index contributed by atoms with van der Waals surface area (Å²) in [5.74, 6) is -0.0103. The fraction of sp³-hybridized carbons (Fsp3) is 0.805. The minimum atomic E-state index is -1.07. The van der Waals surface area contributed by atoms with Crippen LogP contribution in [-0.4, -0.2) is 58.8 Å². The molecule has 0 heterocycles. The number of aliphatic hydroxyl groups excluding tert-OH is 3. The van der Waals surface area contributed by atoms with Crippen LogP contribution in [0, 0.1) is 5.92 Å². The van der Waals surface area contributed by atoms with Crippen molar-refractivity contribution in [3.8, 4) is 0 Å². The second kappa shape index (κ2) is 34.9. The Morgan fingerprint density at radius 3 is 1.56 bits per heavy atom. The van der Waals surface area contributed by atoms with E-state index in [0.29, 0.717) is 19.3 Å². The normalized spacial score (nSPS) is 14.0. The van der Waals surface area contributed by atoms with Crippen molar-refractivity contribution in [1.82, 2.24) is 0 Å². The van der Waals surface area contributed by atoms with Crippen LogP contribution in [0.1, 0.15) is 175 Å². The first-order valence-corrected chi connectivity index (χ1v) is 19.6. The molecule has 3 N–H and O–H groups in total. The van der Waals surface area contributed by atoms with Gasteiger partial charge in [0.1, 0.15) is 19.3 Å². The molecule has 0 aromatic heterocycles. The van der Waals surface area contributed by atoms with Gasteiger partial charge in [-0.05, 0) is 57.3 Å². The lowest BCUT2D eigenvalue weighted by Gasteiger charge is -2.16. The summed E-state index contributed by atoms with van der Waals surface area (Å²) in [7, 11) is 0. The molecule has 0 aliphatic carbocycles. The highest BCUT2D eigenvalue weighted by Gasteiger charge is 2.16. The summed E-state index contributed by atoms with van der Waals surface area (Å²) in [5, 5.41) is 30.4. The van der Waals surface area contributed by atoms with Gasteiger partial charge in [0.2, 0.25) is 0 Å². The molecule has 2 unspecified atom stereocenters. The van der Waals surface area contributed by atoms with Gasteiger partial charge in [-0.1, -0.05) is 147 Å². The minimum absolute atomic E-state index is 0.0720. The van der Waals surface area contributed by atoms with E-state index < -0.39 is 24.3 Å². The number of unbranched alkanes of at least 4 members (excludes halogenated alkanes) is 14. The first kappa shape index (κ1) is 46.0. The molecule has 0 saturated carbocycles. The molecular formula is C41H74O7. The Balaban J connectivity index is 3.68. The van der Waals surface area contributed by atoms with Gasteiger partial charge < -0.3 is 24.8 Å². The average molecular weight is 679 g/mol. The summed E-state index contributed by atoms with van der Waals surface area (Å²) >= 11 is 0. The van der Waals surface area contributed by atoms with Crippen LogP contribution in [0.15, 0.2) is 36.5 Å². The molecule has 0 saturated heterocycles. The van der Waals surface area contributed by atoms with Crippen molar-refractivity contribution in [3.63, 3.8) is 0 Å². The maximum atomic E-state index is 12.0. The second-order valence-corrected chi connectivity index (χ2v) is 13.8. The van der Waals surface area contributed by atoms with Crippen molar-refractivity contribution in [3.05, 3.63) is 36.5 Å². The van der Waals surface area contributed by atoms with Crippen LogP contribution < -0.4 is 0 Å². The van der Waals surface area contributed by atoms with Crippen molar-refractivity contribution >= 4 is 11.9 Å². The predicted molar refractivity (Wildman–Crippen MR) is 199 cm³/mol. The lowest BCUT2D eigenvalue weighted by molar-refractivity contribution is -0.152. The van der Waals surface area contributed by atoms with Gasteiger partial charge in [0.15, 0.2) is 0 Å². The lowest BCUT2D eigenvalue weighted by atomic mass is 10.0. The molecule has 0 aliphatic rings. The Bertz CT molecular complexity index is 820. The number of allylic oxidation sites excluding steroid dienone is 5. The number of esters is 2. The molecule has 0 amide bonds. The fourth-order valence-electron chi connectivity index (χ4n) is 5.37. The molecule has 7 heteroatoms. The van der Waals surface area contributed by atoms with Gasteiger partial charge in [0, 0.05) is 12.8 Å². The van der Waals surface area contributed by atoms with Crippen molar-refractivity contribution in [2.75, 3.05) is 13.2 Å². The van der Waals surface area contributed by atoms with Crippen LogP contribution in [0.25, 0.3) is 0 Å². The Morgan fingerprint density at radius 1 is 0.542 bits per heavy atom. The molecule has 0 fully saturated rings. The molecule has 48 heavy (non-hydrogen) atoms. The van der Waals surface area contributed by atoms with E-state index in [0.717, 1.165) is 44.4 Å². The standard InChI is InChI=1S/C41H74O7/c1-4-5-6-7-8-9-10-14-17-20-23-26-30-38(43)39(44)31-28-33-41(46)48-35-37(42)34-47-40(45)32-27-24-21-18-15-12-11-13-16-19-22-25-29-36(2)3/h8-9,14,17,23,26,36-39,42-44H,4-7,10-13,15-16,18-22,24-25,27-35H2,1-3H3/b9-8-,17-14-,26-23-/t37-,38?,39?/m0/s1. The number of carbonyl (C=O) groups excluding carboxylic acids is 2. The van der Waals surface area contributed by atoms with Crippen molar-refractivity contribution in [2.45, 2.75) is 193 Å². The van der Waals surface area contributed by atoms with E-state index in [1.165, 1.54) is 83.5 Å². The highest BCUT2D eigenvalue weighted by molar-refractivity contribution is 5.69. The third kappa shape index (κ3) is 33.9. The van der Waals surface area contributed by atoms with E-state index >= 15 is 0 Å². The summed E-state index contributed by atoms with van der Waals surface area (Å²) in [5.41, 5.74) is 0. The van der Waals surface area contributed by atoms with Gasteiger partial charge in [-0.2, -0.15) is 0 Å². The Morgan fingerprint density at radius 2 is 1.02 bits per heavy atom. The van der Waals surface area contributed by atoms with Crippen LogP contribution in [0.5, 0.6) is 0 Å². The van der Waals surface area contributed by atoms with Crippen LogP contribution >= 0.6 is 0 Å². The quantitative estimate of drug-likeness (QED) is 0.0353. The molecule has 3 atom stereocenters. The van der Waals surface area contributed by atoms with Crippen LogP contribution in [0.2, 0.25) is 0 Å². The Hall–Kier alpha value is -1.96. The maximum absolute atomic E-state index is 12.0. The van der Waals surface area contributed by atoms with E-state index in [-0.39, 0.29) is 32.0 Å². The Kier molecular flexibility index (Phi) is 33.5. The third-order valence-corrected chi connectivity index (χ3v) is 8.51. The zero-order valence-corrected chi connectivity index (χ0v) is 31.1. The molecule has 0 bridgehead atoms.